The first-order valence-electron chi connectivity index (χ1n) is 5.10. The van der Waals surface area contributed by atoms with E-state index in [4.69, 9.17) is 5.11 Å². The topological polar surface area (TPSA) is 92.2 Å². The number of aryl methyl sites for hydroxylation is 1. The van der Waals surface area contributed by atoms with Crippen LogP contribution in [0.3, 0.4) is 0 Å². The molecule has 0 fully saturated rings. The minimum atomic E-state index is -1.18. The van der Waals surface area contributed by atoms with Crippen molar-refractivity contribution < 1.29 is 19.1 Å². The molecule has 2 rings (SSSR count). The number of amides is 1. The van der Waals surface area contributed by atoms with Crippen LogP contribution in [-0.4, -0.2) is 26.3 Å². The number of carbonyl (C=O) groups is 2. The van der Waals surface area contributed by atoms with E-state index >= 15 is 0 Å². The number of halogens is 1. The van der Waals surface area contributed by atoms with Crippen molar-refractivity contribution in [1.29, 1.82) is 0 Å². The van der Waals surface area contributed by atoms with Gasteiger partial charge in [0, 0.05) is 6.20 Å². The number of aromatic carboxylic acids is 1. The Kier molecular flexibility index (Phi) is 3.52. The first-order valence-corrected chi connectivity index (χ1v) is 5.88. The van der Waals surface area contributed by atoms with Gasteiger partial charge < -0.3 is 10.4 Å². The number of aromatic nitrogens is 2. The number of nitrogens with zero attached hydrogens (tertiary/aromatic N) is 2. The van der Waals surface area contributed by atoms with Gasteiger partial charge in [0.25, 0.3) is 5.91 Å². The van der Waals surface area contributed by atoms with Crippen molar-refractivity contribution in [2.45, 2.75) is 6.92 Å². The largest absolute Gasteiger partial charge is 0.478 e. The predicted molar refractivity (Wildman–Crippen MR) is 66.0 cm³/mol. The van der Waals surface area contributed by atoms with E-state index in [2.05, 4.69) is 14.7 Å². The van der Waals surface area contributed by atoms with E-state index in [1.807, 2.05) is 0 Å². The molecule has 0 bridgehead atoms. The minimum absolute atomic E-state index is 0.00221. The molecule has 19 heavy (non-hydrogen) atoms. The number of pyridine rings is 1. The van der Waals surface area contributed by atoms with E-state index in [9.17, 15) is 14.0 Å². The van der Waals surface area contributed by atoms with Gasteiger partial charge in [-0.1, -0.05) is 0 Å². The lowest BCUT2D eigenvalue weighted by Crippen LogP contribution is -2.14. The molecule has 1 amide bonds. The average Bonchev–Trinajstić information content (AvgIpc) is 2.70. The maximum absolute atomic E-state index is 12.9. The fourth-order valence-corrected chi connectivity index (χ4v) is 2.20. The van der Waals surface area contributed by atoms with Crippen molar-refractivity contribution >= 4 is 28.4 Å². The van der Waals surface area contributed by atoms with Gasteiger partial charge in [-0.2, -0.15) is 4.37 Å². The molecule has 0 saturated carbocycles. The summed E-state index contributed by atoms with van der Waals surface area (Å²) in [7, 11) is 0. The molecule has 2 aromatic rings. The summed E-state index contributed by atoms with van der Waals surface area (Å²) in [6.07, 6.45) is 2.16. The Morgan fingerprint density at radius 2 is 2.16 bits per heavy atom. The lowest BCUT2D eigenvalue weighted by Gasteiger charge is -2.03. The highest BCUT2D eigenvalue weighted by Gasteiger charge is 2.19. The van der Waals surface area contributed by atoms with Crippen LogP contribution in [0.5, 0.6) is 0 Å². The smallest absolute Gasteiger partial charge is 0.340 e. The van der Waals surface area contributed by atoms with Gasteiger partial charge in [-0.15, -0.1) is 0 Å². The van der Waals surface area contributed by atoms with Crippen molar-refractivity contribution in [3.05, 3.63) is 41.1 Å². The van der Waals surface area contributed by atoms with E-state index in [1.165, 1.54) is 13.1 Å². The molecule has 2 N–H and O–H groups in total. The van der Waals surface area contributed by atoms with Crippen LogP contribution in [0.25, 0.3) is 0 Å². The van der Waals surface area contributed by atoms with Crippen LogP contribution in [0.2, 0.25) is 0 Å². The summed E-state index contributed by atoms with van der Waals surface area (Å²) in [5.41, 5.74) is 0.246. The van der Waals surface area contributed by atoms with Crippen molar-refractivity contribution in [2.24, 2.45) is 0 Å². The zero-order valence-corrected chi connectivity index (χ0v) is 10.5. The summed E-state index contributed by atoms with van der Waals surface area (Å²) < 4.78 is 16.8. The number of carboxylic acid groups (broad SMARTS) is 1. The molecule has 0 aromatic carbocycles. The third kappa shape index (κ3) is 2.74. The monoisotopic (exact) mass is 281 g/mol. The SMILES string of the molecule is Cc1nsc(NC(=O)c2cncc(F)c2)c1C(=O)O. The van der Waals surface area contributed by atoms with Gasteiger partial charge in [-0.3, -0.25) is 9.78 Å². The maximum Gasteiger partial charge on any atom is 0.340 e. The quantitative estimate of drug-likeness (QED) is 0.896. The van der Waals surface area contributed by atoms with Crippen LogP contribution >= 0.6 is 11.5 Å². The van der Waals surface area contributed by atoms with Crippen LogP contribution in [0, 0.1) is 12.7 Å². The van der Waals surface area contributed by atoms with Crippen molar-refractivity contribution in [3.63, 3.8) is 0 Å². The van der Waals surface area contributed by atoms with Crippen molar-refractivity contribution in [3.8, 4) is 0 Å². The maximum atomic E-state index is 12.9. The highest BCUT2D eigenvalue weighted by Crippen LogP contribution is 2.24. The molecule has 0 atom stereocenters. The number of carbonyl (C=O) groups excluding carboxylic acids is 1. The second-order valence-corrected chi connectivity index (χ2v) is 4.40. The number of anilines is 1. The molecule has 2 heterocycles. The minimum Gasteiger partial charge on any atom is -0.478 e. The zero-order chi connectivity index (χ0) is 14.0. The summed E-state index contributed by atoms with van der Waals surface area (Å²) in [6.45, 7) is 1.53. The van der Waals surface area contributed by atoms with E-state index in [0.717, 1.165) is 23.8 Å². The van der Waals surface area contributed by atoms with Gasteiger partial charge in [0.2, 0.25) is 0 Å². The number of nitrogens with one attached hydrogen (secondary N) is 1. The lowest BCUT2D eigenvalue weighted by atomic mass is 10.2. The highest BCUT2D eigenvalue weighted by molar-refractivity contribution is 7.11. The summed E-state index contributed by atoms with van der Waals surface area (Å²) in [4.78, 5) is 26.4. The lowest BCUT2D eigenvalue weighted by molar-refractivity contribution is 0.0697. The van der Waals surface area contributed by atoms with E-state index in [0.29, 0.717) is 5.69 Å². The van der Waals surface area contributed by atoms with Crippen LogP contribution < -0.4 is 5.32 Å². The molecular formula is C11H8FN3O3S. The average molecular weight is 281 g/mol. The molecule has 0 unspecified atom stereocenters. The second kappa shape index (κ2) is 5.11. The Balaban J connectivity index is 2.27. The normalized spacial score (nSPS) is 10.2. The Labute approximate surface area is 111 Å². The fraction of sp³-hybridized carbons (Fsp3) is 0.0909. The van der Waals surface area contributed by atoms with Crippen LogP contribution in [0.15, 0.2) is 18.5 Å². The molecule has 8 heteroatoms. The highest BCUT2D eigenvalue weighted by atomic mass is 32.1. The van der Waals surface area contributed by atoms with Crippen LogP contribution in [-0.2, 0) is 0 Å². The zero-order valence-electron chi connectivity index (χ0n) is 9.68. The number of hydrogen-bond donors (Lipinski definition) is 2. The van der Waals surface area contributed by atoms with Gasteiger partial charge in [0.15, 0.2) is 0 Å². The van der Waals surface area contributed by atoms with Gasteiger partial charge >= 0.3 is 5.97 Å². The molecule has 6 nitrogen and oxygen atoms in total. The van der Waals surface area contributed by atoms with E-state index in [1.54, 1.807) is 0 Å². The number of rotatable bonds is 3. The molecule has 98 valence electrons. The molecular weight excluding hydrogens is 273 g/mol. The molecule has 0 aliphatic rings. The number of hydrogen-bond acceptors (Lipinski definition) is 5. The molecule has 2 aromatic heterocycles. The van der Waals surface area contributed by atoms with Gasteiger partial charge in [0.1, 0.15) is 16.4 Å². The predicted octanol–water partition coefficient (Wildman–Crippen LogP) is 1.94. The molecule has 0 aliphatic heterocycles. The molecule has 0 saturated heterocycles. The number of carboxylic acids is 1. The molecule has 0 aliphatic carbocycles. The van der Waals surface area contributed by atoms with Gasteiger partial charge in [-0.25, -0.2) is 9.18 Å². The fourth-order valence-electron chi connectivity index (χ4n) is 1.42. The Morgan fingerprint density at radius 3 is 2.79 bits per heavy atom. The summed E-state index contributed by atoms with van der Waals surface area (Å²) in [5, 5.41) is 11.5. The third-order valence-corrected chi connectivity index (χ3v) is 3.12. The standard InChI is InChI=1S/C11H8FN3O3S/c1-5-8(11(17)18)10(19-15-5)14-9(16)6-2-7(12)4-13-3-6/h2-4H,1H3,(H,14,16)(H,17,18). The Bertz CT molecular complexity index is 656. The summed E-state index contributed by atoms with van der Waals surface area (Å²) >= 11 is 0.855. The molecule has 0 spiro atoms. The Morgan fingerprint density at radius 1 is 1.42 bits per heavy atom. The summed E-state index contributed by atoms with van der Waals surface area (Å²) in [6, 6.07) is 1.01. The summed E-state index contributed by atoms with van der Waals surface area (Å²) in [5.74, 6) is -2.47. The van der Waals surface area contributed by atoms with Gasteiger partial charge in [-0.05, 0) is 24.5 Å². The third-order valence-electron chi connectivity index (χ3n) is 2.27. The second-order valence-electron chi connectivity index (χ2n) is 3.62. The van der Waals surface area contributed by atoms with Gasteiger partial charge in [0.05, 0.1) is 17.5 Å². The first kappa shape index (κ1) is 13.1. The van der Waals surface area contributed by atoms with Crippen LogP contribution in [0.1, 0.15) is 26.4 Å². The van der Waals surface area contributed by atoms with Crippen LogP contribution in [0.4, 0.5) is 9.39 Å². The van der Waals surface area contributed by atoms with E-state index < -0.39 is 17.7 Å². The Hall–Kier alpha value is -2.35. The first-order chi connectivity index (χ1) is 8.99. The van der Waals surface area contributed by atoms with Crippen molar-refractivity contribution in [2.75, 3.05) is 5.32 Å². The molecule has 0 radical (unpaired) electrons. The van der Waals surface area contributed by atoms with E-state index in [-0.39, 0.29) is 16.1 Å². The van der Waals surface area contributed by atoms with Crippen molar-refractivity contribution in [1.82, 2.24) is 9.36 Å².